The lowest BCUT2D eigenvalue weighted by Gasteiger charge is -2.31. The largest absolute Gasteiger partial charge is 0.496 e. The quantitative estimate of drug-likeness (QED) is 0.873. The maximum atomic E-state index is 12.0. The minimum absolute atomic E-state index is 0. The van der Waals surface area contributed by atoms with Gasteiger partial charge in [-0.05, 0) is 37.6 Å². The number of halogens is 1. The molecule has 0 spiro atoms. The van der Waals surface area contributed by atoms with Crippen LogP contribution in [-0.2, 0) is 11.3 Å². The zero-order valence-electron chi connectivity index (χ0n) is 12.2. The zero-order chi connectivity index (χ0) is 13.8. The third-order valence-corrected chi connectivity index (χ3v) is 3.83. The molecule has 0 aliphatic carbocycles. The van der Waals surface area contributed by atoms with Crippen LogP contribution in [-0.4, -0.2) is 26.1 Å². The van der Waals surface area contributed by atoms with Crippen LogP contribution in [0.3, 0.4) is 0 Å². The lowest BCUT2D eigenvalue weighted by molar-refractivity contribution is -0.126. The number of methoxy groups -OCH3 is 1. The molecule has 0 bridgehead atoms. The van der Waals surface area contributed by atoms with Crippen molar-refractivity contribution in [1.29, 1.82) is 0 Å². The van der Waals surface area contributed by atoms with Crippen LogP contribution in [0.25, 0.3) is 0 Å². The third kappa shape index (κ3) is 3.87. The van der Waals surface area contributed by atoms with Crippen LogP contribution in [0.2, 0.25) is 0 Å². The smallest absolute Gasteiger partial charge is 0.223 e. The highest BCUT2D eigenvalue weighted by Gasteiger charge is 2.28. The Hall–Kier alpha value is -1.26. The Kier molecular flexibility index (Phi) is 6.30. The fourth-order valence-electron chi connectivity index (χ4n) is 2.22. The number of rotatable bonds is 5. The third-order valence-electron chi connectivity index (χ3n) is 3.83. The summed E-state index contributed by atoms with van der Waals surface area (Å²) in [7, 11) is 1.66. The van der Waals surface area contributed by atoms with Crippen LogP contribution in [0.1, 0.15) is 18.1 Å². The molecule has 2 rings (SSSR count). The molecule has 4 nitrogen and oxygen atoms in total. The van der Waals surface area contributed by atoms with Gasteiger partial charge in [-0.25, -0.2) is 0 Å². The van der Waals surface area contributed by atoms with Gasteiger partial charge in [0.05, 0.1) is 7.11 Å². The minimum Gasteiger partial charge on any atom is -0.496 e. The van der Waals surface area contributed by atoms with Crippen molar-refractivity contribution >= 4 is 18.3 Å². The molecule has 1 aliphatic rings. The first-order valence-corrected chi connectivity index (χ1v) is 6.73. The van der Waals surface area contributed by atoms with E-state index in [0.717, 1.165) is 30.0 Å². The maximum absolute atomic E-state index is 12.0. The number of aryl methyl sites for hydroxylation is 1. The number of amides is 1. The van der Waals surface area contributed by atoms with Crippen molar-refractivity contribution < 1.29 is 9.53 Å². The fraction of sp³-hybridized carbons (Fsp3) is 0.533. The van der Waals surface area contributed by atoms with Gasteiger partial charge in [-0.15, -0.1) is 12.4 Å². The Morgan fingerprint density at radius 2 is 2.20 bits per heavy atom. The van der Waals surface area contributed by atoms with E-state index in [1.165, 1.54) is 0 Å². The highest BCUT2D eigenvalue weighted by Crippen LogP contribution is 2.20. The predicted molar refractivity (Wildman–Crippen MR) is 82.3 cm³/mol. The molecular formula is C15H23ClN2O2. The maximum Gasteiger partial charge on any atom is 0.223 e. The lowest BCUT2D eigenvalue weighted by Crippen LogP contribution is -2.49. The van der Waals surface area contributed by atoms with E-state index in [1.54, 1.807) is 7.11 Å². The lowest BCUT2D eigenvalue weighted by atomic mass is 9.88. The molecule has 1 fully saturated rings. The Bertz CT molecular complexity index is 461. The molecule has 1 atom stereocenters. The molecule has 1 aromatic rings. The number of hydrogen-bond donors (Lipinski definition) is 2. The molecular weight excluding hydrogens is 276 g/mol. The second-order valence-corrected chi connectivity index (χ2v) is 5.24. The number of nitrogens with one attached hydrogen (secondary N) is 2. The van der Waals surface area contributed by atoms with Gasteiger partial charge in [0, 0.05) is 18.0 Å². The molecule has 0 radical (unpaired) electrons. The van der Waals surface area contributed by atoms with Gasteiger partial charge < -0.3 is 15.4 Å². The number of hydrogen-bond acceptors (Lipinski definition) is 3. The summed E-state index contributed by atoms with van der Waals surface area (Å²) in [5.74, 6) is 1.49. The van der Waals surface area contributed by atoms with Crippen molar-refractivity contribution in [2.24, 2.45) is 11.8 Å². The van der Waals surface area contributed by atoms with Crippen molar-refractivity contribution in [3.63, 3.8) is 0 Å². The van der Waals surface area contributed by atoms with Crippen LogP contribution in [0.4, 0.5) is 0 Å². The Morgan fingerprint density at radius 1 is 1.50 bits per heavy atom. The summed E-state index contributed by atoms with van der Waals surface area (Å²) in [6.45, 7) is 6.43. The SMILES string of the molecule is COc1cc(C)ccc1CNC(=O)C(C)C1CNC1.Cl. The molecule has 1 aromatic carbocycles. The zero-order valence-corrected chi connectivity index (χ0v) is 13.0. The molecule has 1 saturated heterocycles. The van der Waals surface area contributed by atoms with Gasteiger partial charge in [-0.1, -0.05) is 19.1 Å². The summed E-state index contributed by atoms with van der Waals surface area (Å²) in [6, 6.07) is 6.02. The average molecular weight is 299 g/mol. The van der Waals surface area contributed by atoms with Crippen LogP contribution in [0.5, 0.6) is 5.75 Å². The van der Waals surface area contributed by atoms with Crippen LogP contribution >= 0.6 is 12.4 Å². The Balaban J connectivity index is 0.00000200. The molecule has 2 N–H and O–H groups in total. The van der Waals surface area contributed by atoms with E-state index in [1.807, 2.05) is 32.0 Å². The van der Waals surface area contributed by atoms with E-state index in [9.17, 15) is 4.79 Å². The van der Waals surface area contributed by atoms with E-state index in [0.29, 0.717) is 12.5 Å². The summed E-state index contributed by atoms with van der Waals surface area (Å²) < 4.78 is 5.34. The molecule has 0 saturated carbocycles. The first kappa shape index (κ1) is 16.8. The van der Waals surface area contributed by atoms with Gasteiger partial charge in [-0.2, -0.15) is 0 Å². The van der Waals surface area contributed by atoms with Gasteiger partial charge in [-0.3, -0.25) is 4.79 Å². The normalized spacial score (nSPS) is 15.8. The fourth-order valence-corrected chi connectivity index (χ4v) is 2.22. The highest BCUT2D eigenvalue weighted by molar-refractivity contribution is 5.85. The number of ether oxygens (including phenoxy) is 1. The van der Waals surface area contributed by atoms with Gasteiger partial charge in [0.1, 0.15) is 5.75 Å². The van der Waals surface area contributed by atoms with Crippen molar-refractivity contribution in [2.45, 2.75) is 20.4 Å². The van der Waals surface area contributed by atoms with Crippen molar-refractivity contribution in [1.82, 2.24) is 10.6 Å². The van der Waals surface area contributed by atoms with E-state index in [-0.39, 0.29) is 24.2 Å². The number of carbonyl (C=O) groups is 1. The summed E-state index contributed by atoms with van der Waals surface area (Å²) >= 11 is 0. The minimum atomic E-state index is 0. The molecule has 0 aromatic heterocycles. The second kappa shape index (κ2) is 7.50. The molecule has 1 aliphatic heterocycles. The molecule has 1 amide bonds. The van der Waals surface area contributed by atoms with Gasteiger partial charge in [0.15, 0.2) is 0 Å². The predicted octanol–water partition coefficient (Wildman–Crippen LogP) is 1.90. The highest BCUT2D eigenvalue weighted by atomic mass is 35.5. The molecule has 5 heteroatoms. The van der Waals surface area contributed by atoms with Crippen LogP contribution in [0.15, 0.2) is 18.2 Å². The molecule has 112 valence electrons. The first-order valence-electron chi connectivity index (χ1n) is 6.73. The summed E-state index contributed by atoms with van der Waals surface area (Å²) in [5.41, 5.74) is 2.17. The summed E-state index contributed by atoms with van der Waals surface area (Å²) in [4.78, 5) is 12.0. The van der Waals surface area contributed by atoms with Crippen molar-refractivity contribution in [2.75, 3.05) is 20.2 Å². The average Bonchev–Trinajstić information content (AvgIpc) is 2.34. The van der Waals surface area contributed by atoms with Gasteiger partial charge in [0.2, 0.25) is 5.91 Å². The van der Waals surface area contributed by atoms with E-state index >= 15 is 0 Å². The van der Waals surface area contributed by atoms with Gasteiger partial charge >= 0.3 is 0 Å². The molecule has 1 unspecified atom stereocenters. The Morgan fingerprint density at radius 3 is 2.75 bits per heavy atom. The van der Waals surface area contributed by atoms with Crippen LogP contribution < -0.4 is 15.4 Å². The topological polar surface area (TPSA) is 50.4 Å². The number of carbonyl (C=O) groups excluding carboxylic acids is 1. The monoisotopic (exact) mass is 298 g/mol. The molecule has 1 heterocycles. The standard InChI is InChI=1S/C15H22N2O2.ClH/c1-10-4-5-12(14(6-10)19-3)9-17-15(18)11(2)13-7-16-8-13;/h4-6,11,13,16H,7-9H2,1-3H3,(H,17,18);1H. The van der Waals surface area contributed by atoms with Crippen LogP contribution in [0, 0.1) is 18.8 Å². The summed E-state index contributed by atoms with van der Waals surface area (Å²) in [6.07, 6.45) is 0. The molecule has 20 heavy (non-hydrogen) atoms. The van der Waals surface area contributed by atoms with E-state index < -0.39 is 0 Å². The number of benzene rings is 1. The van der Waals surface area contributed by atoms with E-state index in [4.69, 9.17) is 4.74 Å². The Labute approximate surface area is 126 Å². The second-order valence-electron chi connectivity index (χ2n) is 5.24. The van der Waals surface area contributed by atoms with Crippen molar-refractivity contribution in [3.8, 4) is 5.75 Å². The van der Waals surface area contributed by atoms with Crippen molar-refractivity contribution in [3.05, 3.63) is 29.3 Å². The van der Waals surface area contributed by atoms with E-state index in [2.05, 4.69) is 10.6 Å². The first-order chi connectivity index (χ1) is 9.11. The summed E-state index contributed by atoms with van der Waals surface area (Å²) in [5, 5.41) is 6.19. The van der Waals surface area contributed by atoms with Gasteiger partial charge in [0.25, 0.3) is 0 Å².